The lowest BCUT2D eigenvalue weighted by Gasteiger charge is -2.29. The van der Waals surface area contributed by atoms with Crippen LogP contribution >= 0.6 is 0 Å². The number of pyridine rings is 1. The minimum absolute atomic E-state index is 0.00130. The average Bonchev–Trinajstić information content (AvgIpc) is 3.25. The maximum atomic E-state index is 6.09. The second-order valence-corrected chi connectivity index (χ2v) is 5.55. The van der Waals surface area contributed by atoms with Crippen molar-refractivity contribution in [2.45, 2.75) is 31.2 Å². The minimum Gasteiger partial charge on any atom is -0.383 e. The van der Waals surface area contributed by atoms with Crippen LogP contribution in [-0.2, 0) is 5.41 Å². The fourth-order valence-corrected chi connectivity index (χ4v) is 3.13. The number of hydrogen-bond acceptors (Lipinski definition) is 4. The standard InChI is InChI=1S/C16H20N4/c1-11-7-10-19-15(17)13(11)14(20-18)16(8-9-16)12-5-3-2-4-6-12/h2-7,10,14,20H,8-9,18H2,1H3,(H2,17,19). The molecule has 0 spiro atoms. The van der Waals surface area contributed by atoms with Crippen LogP contribution in [0.4, 0.5) is 5.82 Å². The SMILES string of the molecule is Cc1ccnc(N)c1C(NN)C1(c2ccccc2)CC1. The zero-order valence-electron chi connectivity index (χ0n) is 11.6. The van der Waals surface area contributed by atoms with Gasteiger partial charge in [0.05, 0.1) is 6.04 Å². The Morgan fingerprint density at radius 3 is 2.45 bits per heavy atom. The Labute approximate surface area is 119 Å². The van der Waals surface area contributed by atoms with E-state index in [0.29, 0.717) is 5.82 Å². The minimum atomic E-state index is -0.00130. The van der Waals surface area contributed by atoms with Crippen molar-refractivity contribution < 1.29 is 0 Å². The predicted octanol–water partition coefficient (Wildman–Crippen LogP) is 2.21. The molecule has 1 aliphatic rings. The van der Waals surface area contributed by atoms with Gasteiger partial charge in [0, 0.05) is 17.2 Å². The fourth-order valence-electron chi connectivity index (χ4n) is 3.13. The van der Waals surface area contributed by atoms with Gasteiger partial charge >= 0.3 is 0 Å². The monoisotopic (exact) mass is 268 g/mol. The van der Waals surface area contributed by atoms with Gasteiger partial charge in [-0.3, -0.25) is 11.3 Å². The smallest absolute Gasteiger partial charge is 0.128 e. The number of aromatic nitrogens is 1. The van der Waals surface area contributed by atoms with Crippen LogP contribution in [0.15, 0.2) is 42.6 Å². The number of benzene rings is 1. The molecule has 1 aromatic heterocycles. The lowest BCUT2D eigenvalue weighted by Crippen LogP contribution is -2.37. The van der Waals surface area contributed by atoms with E-state index in [2.05, 4.69) is 41.6 Å². The Kier molecular flexibility index (Phi) is 3.20. The third-order valence-electron chi connectivity index (χ3n) is 4.38. The van der Waals surface area contributed by atoms with Gasteiger partial charge in [-0.05, 0) is 37.0 Å². The van der Waals surface area contributed by atoms with E-state index in [1.54, 1.807) is 6.20 Å². The zero-order chi connectivity index (χ0) is 14.2. The lowest BCUT2D eigenvalue weighted by molar-refractivity contribution is 0.437. The molecule has 20 heavy (non-hydrogen) atoms. The van der Waals surface area contributed by atoms with Crippen molar-refractivity contribution in [3.05, 3.63) is 59.3 Å². The number of nitrogen functional groups attached to an aromatic ring is 1. The first kappa shape index (κ1) is 13.1. The van der Waals surface area contributed by atoms with Crippen LogP contribution in [0.25, 0.3) is 0 Å². The van der Waals surface area contributed by atoms with Crippen LogP contribution in [0.1, 0.15) is 35.6 Å². The molecule has 1 saturated carbocycles. The topological polar surface area (TPSA) is 77.0 Å². The number of nitrogens with zero attached hydrogens (tertiary/aromatic N) is 1. The zero-order valence-corrected chi connectivity index (χ0v) is 11.6. The number of nitrogens with two attached hydrogens (primary N) is 2. The summed E-state index contributed by atoms with van der Waals surface area (Å²) in [6.45, 7) is 2.05. The first-order valence-electron chi connectivity index (χ1n) is 6.91. The predicted molar refractivity (Wildman–Crippen MR) is 80.8 cm³/mol. The summed E-state index contributed by atoms with van der Waals surface area (Å²) < 4.78 is 0. The van der Waals surface area contributed by atoms with Gasteiger partial charge in [0.2, 0.25) is 0 Å². The van der Waals surface area contributed by atoms with Gasteiger partial charge in [0.1, 0.15) is 5.82 Å². The fraction of sp³-hybridized carbons (Fsp3) is 0.312. The van der Waals surface area contributed by atoms with Crippen molar-refractivity contribution in [2.75, 3.05) is 5.73 Å². The molecule has 1 heterocycles. The molecule has 2 aromatic rings. The molecule has 1 fully saturated rings. The van der Waals surface area contributed by atoms with E-state index in [1.165, 1.54) is 5.56 Å². The summed E-state index contributed by atoms with van der Waals surface area (Å²) >= 11 is 0. The van der Waals surface area contributed by atoms with Crippen molar-refractivity contribution in [1.82, 2.24) is 10.4 Å². The molecule has 0 aliphatic heterocycles. The molecule has 1 aliphatic carbocycles. The van der Waals surface area contributed by atoms with E-state index in [-0.39, 0.29) is 11.5 Å². The molecule has 3 rings (SSSR count). The first-order chi connectivity index (χ1) is 9.69. The van der Waals surface area contributed by atoms with Gasteiger partial charge in [-0.25, -0.2) is 4.98 Å². The summed E-state index contributed by atoms with van der Waals surface area (Å²) in [5.41, 5.74) is 12.6. The quantitative estimate of drug-likeness (QED) is 0.587. The Morgan fingerprint density at radius 1 is 1.20 bits per heavy atom. The second kappa shape index (κ2) is 4.89. The maximum Gasteiger partial charge on any atom is 0.128 e. The Hall–Kier alpha value is -1.91. The van der Waals surface area contributed by atoms with E-state index in [0.717, 1.165) is 24.0 Å². The number of anilines is 1. The Morgan fingerprint density at radius 2 is 1.90 bits per heavy atom. The summed E-state index contributed by atoms with van der Waals surface area (Å²) in [6.07, 6.45) is 3.96. The molecule has 0 amide bonds. The molecule has 0 saturated heterocycles. The van der Waals surface area contributed by atoms with Crippen molar-refractivity contribution in [1.29, 1.82) is 0 Å². The maximum absolute atomic E-state index is 6.09. The first-order valence-corrected chi connectivity index (χ1v) is 6.91. The molecule has 4 nitrogen and oxygen atoms in total. The molecular weight excluding hydrogens is 248 g/mol. The molecule has 1 aromatic carbocycles. The Bertz CT molecular complexity index is 585. The van der Waals surface area contributed by atoms with Crippen LogP contribution in [0.3, 0.4) is 0 Å². The van der Waals surface area contributed by atoms with Crippen molar-refractivity contribution in [3.8, 4) is 0 Å². The third kappa shape index (κ3) is 1.97. The van der Waals surface area contributed by atoms with Gasteiger partial charge < -0.3 is 5.73 Å². The molecule has 0 radical (unpaired) electrons. The number of nitrogens with one attached hydrogen (secondary N) is 1. The van der Waals surface area contributed by atoms with Crippen LogP contribution in [0.5, 0.6) is 0 Å². The average molecular weight is 268 g/mol. The lowest BCUT2D eigenvalue weighted by atomic mass is 9.83. The van der Waals surface area contributed by atoms with E-state index in [4.69, 9.17) is 11.6 Å². The number of hydrazine groups is 1. The highest BCUT2D eigenvalue weighted by atomic mass is 15.2. The molecule has 104 valence electrons. The highest BCUT2D eigenvalue weighted by Gasteiger charge is 2.51. The highest BCUT2D eigenvalue weighted by Crippen LogP contribution is 2.57. The molecule has 4 heteroatoms. The van der Waals surface area contributed by atoms with Crippen LogP contribution in [0, 0.1) is 6.92 Å². The number of aryl methyl sites for hydroxylation is 1. The van der Waals surface area contributed by atoms with E-state index in [9.17, 15) is 0 Å². The van der Waals surface area contributed by atoms with Crippen LogP contribution in [-0.4, -0.2) is 4.98 Å². The van der Waals surface area contributed by atoms with Crippen molar-refractivity contribution >= 4 is 5.82 Å². The molecule has 5 N–H and O–H groups in total. The van der Waals surface area contributed by atoms with Crippen molar-refractivity contribution in [3.63, 3.8) is 0 Å². The normalized spacial score (nSPS) is 17.7. The summed E-state index contributed by atoms with van der Waals surface area (Å²) in [7, 11) is 0. The highest BCUT2D eigenvalue weighted by molar-refractivity contribution is 5.50. The van der Waals surface area contributed by atoms with Gasteiger partial charge in [-0.2, -0.15) is 0 Å². The molecule has 1 unspecified atom stereocenters. The van der Waals surface area contributed by atoms with Gasteiger partial charge in [-0.1, -0.05) is 30.3 Å². The van der Waals surface area contributed by atoms with E-state index >= 15 is 0 Å². The number of rotatable bonds is 4. The summed E-state index contributed by atoms with van der Waals surface area (Å²) in [6, 6.07) is 12.5. The van der Waals surface area contributed by atoms with E-state index in [1.807, 2.05) is 12.1 Å². The summed E-state index contributed by atoms with van der Waals surface area (Å²) in [5.74, 6) is 6.44. The van der Waals surface area contributed by atoms with E-state index < -0.39 is 0 Å². The Balaban J connectivity index is 2.07. The number of hydrogen-bond donors (Lipinski definition) is 3. The van der Waals surface area contributed by atoms with Crippen molar-refractivity contribution in [2.24, 2.45) is 5.84 Å². The molecule has 1 atom stereocenters. The van der Waals surface area contributed by atoms with Gasteiger partial charge in [0.25, 0.3) is 0 Å². The summed E-state index contributed by atoms with van der Waals surface area (Å²) in [4.78, 5) is 4.23. The van der Waals surface area contributed by atoms with Gasteiger partial charge in [0.15, 0.2) is 0 Å². The third-order valence-corrected chi connectivity index (χ3v) is 4.38. The van der Waals surface area contributed by atoms with Crippen LogP contribution < -0.4 is 17.0 Å². The molecular formula is C16H20N4. The van der Waals surface area contributed by atoms with Gasteiger partial charge in [-0.15, -0.1) is 0 Å². The second-order valence-electron chi connectivity index (χ2n) is 5.55. The molecule has 0 bridgehead atoms. The largest absolute Gasteiger partial charge is 0.383 e. The van der Waals surface area contributed by atoms with Crippen LogP contribution in [0.2, 0.25) is 0 Å². The summed E-state index contributed by atoms with van der Waals surface area (Å²) in [5, 5.41) is 0.